The number of hydrogen-bond acceptors (Lipinski definition) is 6. The van der Waals surface area contributed by atoms with Gasteiger partial charge in [-0.25, -0.2) is 4.98 Å². The summed E-state index contributed by atoms with van der Waals surface area (Å²) >= 11 is 3.90. The van der Waals surface area contributed by atoms with E-state index in [0.717, 1.165) is 35.7 Å². The van der Waals surface area contributed by atoms with Crippen LogP contribution in [0.4, 0.5) is 5.13 Å². The van der Waals surface area contributed by atoms with Gasteiger partial charge in [-0.15, -0.1) is 11.3 Å². The zero-order valence-electron chi connectivity index (χ0n) is 11.9. The Balaban J connectivity index is 2.12. The van der Waals surface area contributed by atoms with E-state index in [0.29, 0.717) is 6.61 Å². The SMILES string of the molecule is CCC1CN(c2nc(COC)c(CNC)s2)CCS1. The van der Waals surface area contributed by atoms with Crippen LogP contribution in [0.25, 0.3) is 0 Å². The molecule has 4 nitrogen and oxygen atoms in total. The average Bonchev–Trinajstić information content (AvgIpc) is 2.83. The molecule has 1 aromatic rings. The number of methoxy groups -OCH3 is 1. The second kappa shape index (κ2) is 7.47. The normalized spacial score (nSPS) is 19.9. The number of rotatable bonds is 6. The van der Waals surface area contributed by atoms with Crippen LogP contribution in [0.5, 0.6) is 0 Å². The molecule has 2 rings (SSSR count). The van der Waals surface area contributed by atoms with Crippen molar-refractivity contribution in [3.8, 4) is 0 Å². The predicted octanol–water partition coefficient (Wildman–Crippen LogP) is 2.34. The number of nitrogens with zero attached hydrogens (tertiary/aromatic N) is 2. The molecule has 1 aliphatic rings. The van der Waals surface area contributed by atoms with Crippen molar-refractivity contribution < 1.29 is 4.74 Å². The van der Waals surface area contributed by atoms with E-state index in [-0.39, 0.29) is 0 Å². The Kier molecular flexibility index (Phi) is 5.94. The summed E-state index contributed by atoms with van der Waals surface area (Å²) in [5.74, 6) is 1.21. The Morgan fingerprint density at radius 2 is 2.37 bits per heavy atom. The average molecular weight is 301 g/mol. The molecule has 1 fully saturated rings. The quantitative estimate of drug-likeness (QED) is 0.873. The van der Waals surface area contributed by atoms with Crippen molar-refractivity contribution in [2.24, 2.45) is 0 Å². The van der Waals surface area contributed by atoms with Gasteiger partial charge in [0.15, 0.2) is 5.13 Å². The van der Waals surface area contributed by atoms with Gasteiger partial charge < -0.3 is 15.0 Å². The van der Waals surface area contributed by atoms with E-state index in [9.17, 15) is 0 Å². The molecule has 19 heavy (non-hydrogen) atoms. The van der Waals surface area contributed by atoms with Gasteiger partial charge in [0.05, 0.1) is 12.3 Å². The molecule has 1 saturated heterocycles. The third-order valence-corrected chi connectivity index (χ3v) is 5.78. The lowest BCUT2D eigenvalue weighted by molar-refractivity contribution is 0.181. The van der Waals surface area contributed by atoms with Crippen LogP contribution < -0.4 is 10.2 Å². The summed E-state index contributed by atoms with van der Waals surface area (Å²) in [6.45, 7) is 5.98. The fourth-order valence-electron chi connectivity index (χ4n) is 2.19. The number of aromatic nitrogens is 1. The molecule has 108 valence electrons. The first-order valence-corrected chi connectivity index (χ1v) is 8.63. The Bertz CT molecular complexity index is 374. The van der Waals surface area contributed by atoms with Crippen LogP contribution in [0, 0.1) is 0 Å². The summed E-state index contributed by atoms with van der Waals surface area (Å²) in [5.41, 5.74) is 1.09. The van der Waals surface area contributed by atoms with Crippen LogP contribution in [0.1, 0.15) is 23.9 Å². The van der Waals surface area contributed by atoms with Gasteiger partial charge in [0.1, 0.15) is 0 Å². The summed E-state index contributed by atoms with van der Waals surface area (Å²) in [6.07, 6.45) is 1.24. The highest BCUT2D eigenvalue weighted by Gasteiger charge is 2.22. The van der Waals surface area contributed by atoms with E-state index >= 15 is 0 Å². The lowest BCUT2D eigenvalue weighted by Crippen LogP contribution is -2.37. The standard InChI is InChI=1S/C13H23N3OS2/c1-4-10-8-16(5-6-18-10)13-15-11(9-17-3)12(19-13)7-14-2/h10,14H,4-9H2,1-3H3. The molecule has 1 aromatic heterocycles. The first kappa shape index (κ1) is 15.1. The van der Waals surface area contributed by atoms with E-state index in [1.165, 1.54) is 17.1 Å². The first-order valence-electron chi connectivity index (χ1n) is 6.77. The third kappa shape index (κ3) is 3.84. The van der Waals surface area contributed by atoms with Crippen molar-refractivity contribution in [1.82, 2.24) is 10.3 Å². The summed E-state index contributed by atoms with van der Waals surface area (Å²) < 4.78 is 5.25. The van der Waals surface area contributed by atoms with Gasteiger partial charge in [-0.05, 0) is 13.5 Å². The monoisotopic (exact) mass is 301 g/mol. The van der Waals surface area contributed by atoms with Gasteiger partial charge in [-0.1, -0.05) is 6.92 Å². The second-order valence-electron chi connectivity index (χ2n) is 4.68. The van der Waals surface area contributed by atoms with Crippen molar-refractivity contribution in [3.05, 3.63) is 10.6 Å². The molecule has 0 bridgehead atoms. The molecule has 0 saturated carbocycles. The molecule has 0 amide bonds. The van der Waals surface area contributed by atoms with Crippen LogP contribution in [0.2, 0.25) is 0 Å². The zero-order chi connectivity index (χ0) is 13.7. The van der Waals surface area contributed by atoms with E-state index in [2.05, 4.69) is 28.9 Å². The number of ether oxygens (including phenoxy) is 1. The zero-order valence-corrected chi connectivity index (χ0v) is 13.6. The minimum Gasteiger partial charge on any atom is -0.378 e. The second-order valence-corrected chi connectivity index (χ2v) is 7.15. The summed E-state index contributed by atoms with van der Waals surface area (Å²) in [5, 5.41) is 5.12. The highest BCUT2D eigenvalue weighted by molar-refractivity contribution is 8.00. The maximum atomic E-state index is 5.25. The fourth-order valence-corrected chi connectivity index (χ4v) is 4.48. The predicted molar refractivity (Wildman–Crippen MR) is 84.3 cm³/mol. The molecule has 6 heteroatoms. The summed E-state index contributed by atoms with van der Waals surface area (Å²) in [7, 11) is 3.70. The number of nitrogens with one attached hydrogen (secondary N) is 1. The highest BCUT2D eigenvalue weighted by Crippen LogP contribution is 2.31. The maximum Gasteiger partial charge on any atom is 0.185 e. The molecule has 0 spiro atoms. The molecule has 2 heterocycles. The molecular weight excluding hydrogens is 278 g/mol. The van der Waals surface area contributed by atoms with Crippen LogP contribution in [-0.2, 0) is 17.9 Å². The van der Waals surface area contributed by atoms with E-state index in [1.54, 1.807) is 18.4 Å². The van der Waals surface area contributed by atoms with Gasteiger partial charge in [-0.2, -0.15) is 11.8 Å². The van der Waals surface area contributed by atoms with Crippen LogP contribution in [0.15, 0.2) is 0 Å². The molecule has 1 N–H and O–H groups in total. The summed E-state index contributed by atoms with van der Waals surface area (Å²) in [4.78, 5) is 8.52. The highest BCUT2D eigenvalue weighted by atomic mass is 32.2. The first-order chi connectivity index (χ1) is 9.28. The minimum atomic E-state index is 0.604. The van der Waals surface area contributed by atoms with Gasteiger partial charge in [0.2, 0.25) is 0 Å². The van der Waals surface area contributed by atoms with E-state index < -0.39 is 0 Å². The van der Waals surface area contributed by atoms with Crippen LogP contribution >= 0.6 is 23.1 Å². The molecule has 1 aliphatic heterocycles. The smallest absolute Gasteiger partial charge is 0.185 e. The number of anilines is 1. The molecule has 1 unspecified atom stereocenters. The van der Waals surface area contributed by atoms with Gasteiger partial charge in [0.25, 0.3) is 0 Å². The van der Waals surface area contributed by atoms with Crippen molar-refractivity contribution in [2.75, 3.05) is 37.9 Å². The number of thiazole rings is 1. The van der Waals surface area contributed by atoms with Crippen molar-refractivity contribution in [3.63, 3.8) is 0 Å². The molecule has 0 aromatic carbocycles. The van der Waals surface area contributed by atoms with Crippen molar-refractivity contribution >= 4 is 28.2 Å². The third-order valence-electron chi connectivity index (χ3n) is 3.25. The van der Waals surface area contributed by atoms with Crippen LogP contribution in [-0.4, -0.2) is 43.2 Å². The minimum absolute atomic E-state index is 0.604. The molecule has 0 radical (unpaired) electrons. The Morgan fingerprint density at radius 3 is 3.05 bits per heavy atom. The lowest BCUT2D eigenvalue weighted by atomic mass is 10.3. The lowest BCUT2D eigenvalue weighted by Gasteiger charge is -2.31. The fraction of sp³-hybridized carbons (Fsp3) is 0.769. The molecular formula is C13H23N3OS2. The molecule has 1 atom stereocenters. The van der Waals surface area contributed by atoms with Crippen LogP contribution in [0.3, 0.4) is 0 Å². The van der Waals surface area contributed by atoms with E-state index in [1.807, 2.05) is 7.05 Å². The van der Waals surface area contributed by atoms with E-state index in [4.69, 9.17) is 9.72 Å². The maximum absolute atomic E-state index is 5.25. The summed E-state index contributed by atoms with van der Waals surface area (Å²) in [6, 6.07) is 0. The number of thioether (sulfide) groups is 1. The van der Waals surface area contributed by atoms with Gasteiger partial charge in [0, 0.05) is 42.6 Å². The number of hydrogen-bond donors (Lipinski definition) is 1. The van der Waals surface area contributed by atoms with Crippen molar-refractivity contribution in [1.29, 1.82) is 0 Å². The topological polar surface area (TPSA) is 37.4 Å². The Labute approximate surface area is 123 Å². The largest absolute Gasteiger partial charge is 0.378 e. The van der Waals surface area contributed by atoms with Crippen molar-refractivity contribution in [2.45, 2.75) is 31.7 Å². The van der Waals surface area contributed by atoms with Gasteiger partial charge in [-0.3, -0.25) is 0 Å². The molecule has 0 aliphatic carbocycles. The Morgan fingerprint density at radius 1 is 1.53 bits per heavy atom. The Hall–Kier alpha value is -0.300. The van der Waals surface area contributed by atoms with Gasteiger partial charge >= 0.3 is 0 Å².